The molecule has 2 aromatic rings. The summed E-state index contributed by atoms with van der Waals surface area (Å²) in [5.74, 6) is -0.0704. The summed E-state index contributed by atoms with van der Waals surface area (Å²) < 4.78 is 40.5. The zero-order valence-corrected chi connectivity index (χ0v) is 16.7. The molecule has 1 saturated heterocycles. The van der Waals surface area contributed by atoms with Crippen molar-refractivity contribution in [2.75, 3.05) is 19.6 Å². The highest BCUT2D eigenvalue weighted by Crippen LogP contribution is 2.22. The molecular weight excluding hydrogens is 379 g/mol. The molecule has 1 amide bonds. The Hall–Kier alpha value is -2.25. The lowest BCUT2D eigenvalue weighted by atomic mass is 9.93. The monoisotopic (exact) mass is 404 g/mol. The molecule has 2 aromatic carbocycles. The minimum Gasteiger partial charge on any atom is -0.339 e. The number of carbonyl (C=O) groups is 1. The molecule has 1 N–H and O–H groups in total. The van der Waals surface area contributed by atoms with Crippen molar-refractivity contribution >= 4 is 15.9 Å². The topological polar surface area (TPSA) is 66.5 Å². The highest BCUT2D eigenvalue weighted by molar-refractivity contribution is 7.89. The third kappa shape index (κ3) is 4.97. The number of carbonyl (C=O) groups excluding carboxylic acids is 1. The van der Waals surface area contributed by atoms with Gasteiger partial charge in [-0.05, 0) is 68.0 Å². The van der Waals surface area contributed by atoms with Gasteiger partial charge in [0.15, 0.2) is 0 Å². The standard InChI is InChI=1S/C21H25FN2O3S/c1-16-4-2-3-5-20(16)28(26,27)23-13-10-17-11-14-24(15-12-17)21(25)18-6-8-19(22)9-7-18/h2-9,17,23H,10-15H2,1H3. The predicted molar refractivity (Wildman–Crippen MR) is 106 cm³/mol. The van der Waals surface area contributed by atoms with Gasteiger partial charge in [0.1, 0.15) is 5.82 Å². The molecule has 1 fully saturated rings. The van der Waals surface area contributed by atoms with Crippen LogP contribution in [0.5, 0.6) is 0 Å². The van der Waals surface area contributed by atoms with Crippen LogP contribution in [0.4, 0.5) is 4.39 Å². The van der Waals surface area contributed by atoms with Crippen molar-refractivity contribution in [2.45, 2.75) is 31.1 Å². The van der Waals surface area contributed by atoms with Crippen molar-refractivity contribution < 1.29 is 17.6 Å². The zero-order valence-electron chi connectivity index (χ0n) is 15.9. The van der Waals surface area contributed by atoms with E-state index >= 15 is 0 Å². The predicted octanol–water partition coefficient (Wildman–Crippen LogP) is 3.35. The van der Waals surface area contributed by atoms with Gasteiger partial charge in [-0.25, -0.2) is 17.5 Å². The van der Waals surface area contributed by atoms with Crippen molar-refractivity contribution in [3.8, 4) is 0 Å². The average Bonchev–Trinajstić information content (AvgIpc) is 2.69. The van der Waals surface area contributed by atoms with E-state index in [9.17, 15) is 17.6 Å². The molecule has 0 atom stereocenters. The van der Waals surface area contributed by atoms with Crippen LogP contribution in [0, 0.1) is 18.7 Å². The molecule has 0 radical (unpaired) electrons. The minimum atomic E-state index is -3.50. The normalized spacial score (nSPS) is 15.6. The number of likely N-dealkylation sites (tertiary alicyclic amines) is 1. The van der Waals surface area contributed by atoms with E-state index in [1.165, 1.54) is 24.3 Å². The molecule has 0 aliphatic carbocycles. The van der Waals surface area contributed by atoms with Crippen LogP contribution in [0.3, 0.4) is 0 Å². The third-order valence-corrected chi connectivity index (χ3v) is 6.84. The SMILES string of the molecule is Cc1ccccc1S(=O)(=O)NCCC1CCN(C(=O)c2ccc(F)cc2)CC1. The molecule has 5 nitrogen and oxygen atoms in total. The smallest absolute Gasteiger partial charge is 0.253 e. The molecule has 7 heteroatoms. The Balaban J connectivity index is 1.46. The van der Waals surface area contributed by atoms with Gasteiger partial charge in [-0.1, -0.05) is 18.2 Å². The number of nitrogens with zero attached hydrogens (tertiary/aromatic N) is 1. The summed E-state index contributed by atoms with van der Waals surface area (Å²) in [6, 6.07) is 12.5. The number of sulfonamides is 1. The van der Waals surface area contributed by atoms with Crippen molar-refractivity contribution in [2.24, 2.45) is 5.92 Å². The molecule has 28 heavy (non-hydrogen) atoms. The van der Waals surface area contributed by atoms with E-state index in [1.54, 1.807) is 30.0 Å². The van der Waals surface area contributed by atoms with Crippen molar-refractivity contribution in [3.05, 3.63) is 65.5 Å². The Morgan fingerprint density at radius 1 is 1.11 bits per heavy atom. The maximum atomic E-state index is 13.0. The fourth-order valence-electron chi connectivity index (χ4n) is 3.53. The van der Waals surface area contributed by atoms with Gasteiger partial charge in [-0.15, -0.1) is 0 Å². The maximum absolute atomic E-state index is 13.0. The summed E-state index contributed by atoms with van der Waals surface area (Å²) in [6.07, 6.45) is 2.40. The lowest BCUT2D eigenvalue weighted by molar-refractivity contribution is 0.0687. The Bertz CT molecular complexity index is 921. The van der Waals surface area contributed by atoms with Gasteiger partial charge in [0.25, 0.3) is 5.91 Å². The summed E-state index contributed by atoms with van der Waals surface area (Å²) in [4.78, 5) is 14.6. The quantitative estimate of drug-likeness (QED) is 0.803. The van der Waals surface area contributed by atoms with Crippen molar-refractivity contribution in [1.29, 1.82) is 0 Å². The number of piperidine rings is 1. The molecule has 1 heterocycles. The summed E-state index contributed by atoms with van der Waals surface area (Å²) in [6.45, 7) is 3.42. The molecule has 0 bridgehead atoms. The second-order valence-electron chi connectivity index (χ2n) is 7.19. The first kappa shape index (κ1) is 20.5. The molecule has 3 rings (SSSR count). The van der Waals surface area contributed by atoms with E-state index in [0.29, 0.717) is 36.0 Å². The molecule has 0 unspecified atom stereocenters. The highest BCUT2D eigenvalue weighted by atomic mass is 32.2. The van der Waals surface area contributed by atoms with Gasteiger partial charge in [-0.2, -0.15) is 0 Å². The number of amides is 1. The van der Waals surface area contributed by atoms with Gasteiger partial charge < -0.3 is 4.90 Å². The van der Waals surface area contributed by atoms with E-state index in [1.807, 2.05) is 6.07 Å². The first-order valence-corrected chi connectivity index (χ1v) is 11.0. The van der Waals surface area contributed by atoms with E-state index in [2.05, 4.69) is 4.72 Å². The van der Waals surface area contributed by atoms with Gasteiger partial charge in [-0.3, -0.25) is 4.79 Å². The van der Waals surface area contributed by atoms with E-state index in [4.69, 9.17) is 0 Å². The second-order valence-corrected chi connectivity index (χ2v) is 8.93. The Kier molecular flexibility index (Phi) is 6.46. The van der Waals surface area contributed by atoms with Crippen molar-refractivity contribution in [3.63, 3.8) is 0 Å². The number of benzene rings is 2. The highest BCUT2D eigenvalue weighted by Gasteiger charge is 2.24. The third-order valence-electron chi connectivity index (χ3n) is 5.22. The van der Waals surface area contributed by atoms with E-state index in [-0.39, 0.29) is 11.7 Å². The lowest BCUT2D eigenvalue weighted by Crippen LogP contribution is -2.39. The summed E-state index contributed by atoms with van der Waals surface area (Å²) >= 11 is 0. The molecule has 0 spiro atoms. The number of halogens is 1. The van der Waals surface area contributed by atoms with Crippen LogP contribution in [0.2, 0.25) is 0 Å². The Morgan fingerprint density at radius 2 is 1.75 bits per heavy atom. The molecule has 1 aliphatic rings. The number of rotatable bonds is 6. The van der Waals surface area contributed by atoms with Crippen LogP contribution in [0.1, 0.15) is 35.2 Å². The second kappa shape index (κ2) is 8.84. The van der Waals surface area contributed by atoms with Gasteiger partial charge in [0.2, 0.25) is 10.0 Å². The lowest BCUT2D eigenvalue weighted by Gasteiger charge is -2.32. The van der Waals surface area contributed by atoms with Gasteiger partial charge in [0, 0.05) is 25.2 Å². The average molecular weight is 405 g/mol. The van der Waals surface area contributed by atoms with Gasteiger partial charge in [0.05, 0.1) is 4.90 Å². The number of hydrogen-bond acceptors (Lipinski definition) is 3. The van der Waals surface area contributed by atoms with Crippen LogP contribution in [-0.4, -0.2) is 38.9 Å². The largest absolute Gasteiger partial charge is 0.339 e. The molecule has 0 aromatic heterocycles. The molecule has 150 valence electrons. The zero-order chi connectivity index (χ0) is 20.1. The fraction of sp³-hybridized carbons (Fsp3) is 0.381. The van der Waals surface area contributed by atoms with Crippen LogP contribution in [0.25, 0.3) is 0 Å². The number of nitrogens with one attached hydrogen (secondary N) is 1. The first-order chi connectivity index (χ1) is 13.4. The van der Waals surface area contributed by atoms with Crippen LogP contribution in [-0.2, 0) is 10.0 Å². The summed E-state index contributed by atoms with van der Waals surface area (Å²) in [7, 11) is -3.50. The van der Waals surface area contributed by atoms with Crippen LogP contribution >= 0.6 is 0 Å². The molecule has 0 saturated carbocycles. The van der Waals surface area contributed by atoms with Crippen LogP contribution in [0.15, 0.2) is 53.4 Å². The van der Waals surface area contributed by atoms with Crippen LogP contribution < -0.4 is 4.72 Å². The molecular formula is C21H25FN2O3S. The first-order valence-electron chi connectivity index (χ1n) is 9.47. The Morgan fingerprint density at radius 3 is 2.39 bits per heavy atom. The van der Waals surface area contributed by atoms with E-state index in [0.717, 1.165) is 24.8 Å². The Labute approximate surface area is 165 Å². The maximum Gasteiger partial charge on any atom is 0.253 e. The number of hydrogen-bond donors (Lipinski definition) is 1. The summed E-state index contributed by atoms with van der Waals surface area (Å²) in [5.41, 5.74) is 1.22. The van der Waals surface area contributed by atoms with Gasteiger partial charge >= 0.3 is 0 Å². The van der Waals surface area contributed by atoms with Crippen molar-refractivity contribution in [1.82, 2.24) is 9.62 Å². The van der Waals surface area contributed by atoms with E-state index < -0.39 is 10.0 Å². The summed E-state index contributed by atoms with van der Waals surface area (Å²) in [5, 5.41) is 0. The fourth-order valence-corrected chi connectivity index (χ4v) is 4.82. The minimum absolute atomic E-state index is 0.0845. The number of aryl methyl sites for hydroxylation is 1. The molecule has 1 aliphatic heterocycles.